The number of aliphatic hydroxyl groups is 1. The average Bonchev–Trinajstić information content (AvgIpc) is 2.93. The first-order valence-electron chi connectivity index (χ1n) is 11.3. The molecular formula is C22H35N3O4S. The molecule has 5 atom stereocenters. The molecule has 0 aliphatic carbocycles. The van der Waals surface area contributed by atoms with Gasteiger partial charge in [0, 0.05) is 29.2 Å². The summed E-state index contributed by atoms with van der Waals surface area (Å²) >= 11 is 1.68. The molecule has 0 aromatic rings. The van der Waals surface area contributed by atoms with E-state index in [2.05, 4.69) is 16.8 Å². The van der Waals surface area contributed by atoms with Gasteiger partial charge < -0.3 is 24.9 Å². The molecule has 0 aromatic carbocycles. The van der Waals surface area contributed by atoms with Gasteiger partial charge >= 0.3 is 5.97 Å². The average molecular weight is 438 g/mol. The van der Waals surface area contributed by atoms with Crippen molar-refractivity contribution in [3.63, 3.8) is 0 Å². The maximum Gasteiger partial charge on any atom is 0.353 e. The minimum atomic E-state index is -1.02. The smallest absolute Gasteiger partial charge is 0.353 e. The summed E-state index contributed by atoms with van der Waals surface area (Å²) < 4.78 is 0. The second-order valence-electron chi connectivity index (χ2n) is 9.66. The highest BCUT2D eigenvalue weighted by molar-refractivity contribution is 8.03. The number of aliphatic hydroxyl groups excluding tert-OH is 1. The Morgan fingerprint density at radius 3 is 2.57 bits per heavy atom. The molecule has 30 heavy (non-hydrogen) atoms. The quantitative estimate of drug-likeness (QED) is 0.612. The fourth-order valence-corrected chi connectivity index (χ4v) is 7.32. The molecule has 0 bridgehead atoms. The molecule has 0 unspecified atom stereocenters. The summed E-state index contributed by atoms with van der Waals surface area (Å²) in [6.07, 6.45) is 3.98. The number of piperidine rings is 2. The van der Waals surface area contributed by atoms with Crippen LogP contribution in [0.25, 0.3) is 0 Å². The van der Waals surface area contributed by atoms with Crippen molar-refractivity contribution in [1.29, 1.82) is 0 Å². The van der Waals surface area contributed by atoms with Crippen LogP contribution in [0.2, 0.25) is 0 Å². The van der Waals surface area contributed by atoms with E-state index in [1.165, 1.54) is 30.8 Å². The summed E-state index contributed by atoms with van der Waals surface area (Å²) in [5.41, 5.74) is 0.159. The number of aliphatic carboxylic acids is 1. The summed E-state index contributed by atoms with van der Waals surface area (Å²) in [5.74, 6) is -1.04. The molecule has 0 radical (unpaired) electrons. The fraction of sp³-hybridized carbons (Fsp3) is 0.818. The van der Waals surface area contributed by atoms with Crippen molar-refractivity contribution < 1.29 is 19.8 Å². The number of hydrogen-bond acceptors (Lipinski definition) is 6. The van der Waals surface area contributed by atoms with E-state index in [4.69, 9.17) is 0 Å². The van der Waals surface area contributed by atoms with E-state index >= 15 is 0 Å². The van der Waals surface area contributed by atoms with Gasteiger partial charge in [0.15, 0.2) is 0 Å². The van der Waals surface area contributed by atoms with Crippen LogP contribution in [0.5, 0.6) is 0 Å². The molecule has 168 valence electrons. The first-order valence-corrected chi connectivity index (χ1v) is 12.2. The number of rotatable bonds is 6. The Hall–Kier alpha value is -1.09. The highest BCUT2D eigenvalue weighted by Crippen LogP contribution is 2.51. The van der Waals surface area contributed by atoms with Crippen molar-refractivity contribution in [2.45, 2.75) is 56.9 Å². The Morgan fingerprint density at radius 1 is 1.23 bits per heavy atom. The van der Waals surface area contributed by atoms with Gasteiger partial charge in [-0.1, -0.05) is 6.92 Å². The minimum absolute atomic E-state index is 0.0392. The molecule has 7 nitrogen and oxygen atoms in total. The second-order valence-corrected chi connectivity index (χ2v) is 11.0. The molecular weight excluding hydrogens is 402 g/mol. The van der Waals surface area contributed by atoms with Crippen LogP contribution in [-0.2, 0) is 9.59 Å². The van der Waals surface area contributed by atoms with Crippen LogP contribution in [0.1, 0.15) is 39.5 Å². The molecule has 4 aliphatic rings. The van der Waals surface area contributed by atoms with E-state index in [9.17, 15) is 19.8 Å². The molecule has 0 saturated carbocycles. The fourth-order valence-electron chi connectivity index (χ4n) is 5.74. The standard InChI is InChI=1S/C22H35N3O4S/c1-13-18-17(14(2)26)21(27)25(18)19(22(28)29)20(13)30-16-5-4-8-24(12-16)11-15-6-9-23(3)10-7-15/h13-18,26H,4-12H2,1-3H3,(H,28,29)/t13-,14-,16-,17-,18-/m1/s1. The van der Waals surface area contributed by atoms with Gasteiger partial charge in [-0.05, 0) is 65.2 Å². The number of likely N-dealkylation sites (tertiary alicyclic amines) is 2. The van der Waals surface area contributed by atoms with E-state index in [1.807, 2.05) is 6.92 Å². The monoisotopic (exact) mass is 437 g/mol. The summed E-state index contributed by atoms with van der Waals surface area (Å²) in [6.45, 7) is 9.25. The van der Waals surface area contributed by atoms with Crippen LogP contribution >= 0.6 is 11.8 Å². The Balaban J connectivity index is 1.42. The molecule has 2 N–H and O–H groups in total. The first kappa shape index (κ1) is 22.1. The zero-order valence-corrected chi connectivity index (χ0v) is 19.1. The summed E-state index contributed by atoms with van der Waals surface area (Å²) in [5, 5.41) is 20.2. The first-order chi connectivity index (χ1) is 14.3. The van der Waals surface area contributed by atoms with Gasteiger partial charge in [0.05, 0.1) is 18.1 Å². The van der Waals surface area contributed by atoms with Crippen LogP contribution in [0.15, 0.2) is 10.6 Å². The number of β-lactam (4-membered cyclic amide) rings is 1. The molecule has 4 heterocycles. The van der Waals surface area contributed by atoms with Gasteiger partial charge in [-0.15, -0.1) is 11.8 Å². The lowest BCUT2D eigenvalue weighted by atomic mass is 9.79. The molecule has 4 aliphatic heterocycles. The van der Waals surface area contributed by atoms with Gasteiger partial charge in [-0.25, -0.2) is 4.79 Å². The van der Waals surface area contributed by atoms with Crippen LogP contribution in [0, 0.1) is 17.8 Å². The van der Waals surface area contributed by atoms with Crippen LogP contribution in [-0.4, -0.2) is 94.0 Å². The van der Waals surface area contributed by atoms with Crippen molar-refractivity contribution in [2.75, 3.05) is 39.8 Å². The Bertz CT molecular complexity index is 719. The summed E-state index contributed by atoms with van der Waals surface area (Å²) in [4.78, 5) is 31.8. The topological polar surface area (TPSA) is 84.3 Å². The number of amides is 1. The molecule has 3 saturated heterocycles. The third-order valence-corrected chi connectivity index (χ3v) is 8.96. The number of fused-ring (bicyclic) bond motifs is 1. The van der Waals surface area contributed by atoms with Crippen LogP contribution in [0.3, 0.4) is 0 Å². The highest BCUT2D eigenvalue weighted by atomic mass is 32.2. The van der Waals surface area contributed by atoms with Crippen molar-refractivity contribution in [2.24, 2.45) is 17.8 Å². The lowest BCUT2D eigenvalue weighted by Crippen LogP contribution is -2.63. The van der Waals surface area contributed by atoms with Crippen LogP contribution in [0.4, 0.5) is 0 Å². The van der Waals surface area contributed by atoms with E-state index in [0.717, 1.165) is 43.3 Å². The third-order valence-electron chi connectivity index (χ3n) is 7.42. The number of hydrogen-bond donors (Lipinski definition) is 2. The Labute approximate surface area is 183 Å². The second kappa shape index (κ2) is 8.81. The van der Waals surface area contributed by atoms with Gasteiger partial charge in [0.25, 0.3) is 0 Å². The predicted octanol–water partition coefficient (Wildman–Crippen LogP) is 1.68. The Morgan fingerprint density at radius 2 is 1.93 bits per heavy atom. The third kappa shape index (κ3) is 4.04. The number of carboxylic acid groups (broad SMARTS) is 1. The number of nitrogens with zero attached hydrogens (tertiary/aromatic N) is 3. The normalized spacial score (nSPS) is 34.8. The van der Waals surface area contributed by atoms with Crippen molar-refractivity contribution >= 4 is 23.6 Å². The number of carbonyl (C=O) groups excluding carboxylic acids is 1. The lowest BCUT2D eigenvalue weighted by molar-refractivity contribution is -0.163. The molecule has 3 fully saturated rings. The SMILES string of the molecule is C[C@@H](O)[C@H]1C(=O)N2C(C(=O)O)=C(S[C@@H]3CCCN(CC4CCN(C)CC4)C3)[C@H](C)[C@H]12. The van der Waals surface area contributed by atoms with Gasteiger partial charge in [0.2, 0.25) is 5.91 Å². The zero-order valence-electron chi connectivity index (χ0n) is 18.3. The molecule has 0 aromatic heterocycles. The number of carboxylic acids is 1. The molecule has 0 spiro atoms. The number of thioether (sulfide) groups is 1. The largest absolute Gasteiger partial charge is 0.477 e. The lowest BCUT2D eigenvalue weighted by Gasteiger charge is -2.46. The van der Waals surface area contributed by atoms with E-state index in [1.54, 1.807) is 18.7 Å². The maximum atomic E-state index is 12.5. The maximum absolute atomic E-state index is 12.5. The zero-order chi connectivity index (χ0) is 21.6. The van der Waals surface area contributed by atoms with Crippen LogP contribution < -0.4 is 0 Å². The van der Waals surface area contributed by atoms with E-state index in [0.29, 0.717) is 5.25 Å². The minimum Gasteiger partial charge on any atom is -0.477 e. The summed E-state index contributed by atoms with van der Waals surface area (Å²) in [6, 6.07) is -0.218. The van der Waals surface area contributed by atoms with Gasteiger partial charge in [-0.2, -0.15) is 0 Å². The molecule has 1 amide bonds. The van der Waals surface area contributed by atoms with Crippen molar-refractivity contribution in [3.8, 4) is 0 Å². The van der Waals surface area contributed by atoms with Gasteiger partial charge in [0.1, 0.15) is 5.70 Å². The van der Waals surface area contributed by atoms with Crippen molar-refractivity contribution in [1.82, 2.24) is 14.7 Å². The summed E-state index contributed by atoms with van der Waals surface area (Å²) in [7, 11) is 2.19. The Kier molecular flexibility index (Phi) is 6.49. The van der Waals surface area contributed by atoms with Gasteiger partial charge in [-0.3, -0.25) is 4.79 Å². The molecule has 4 rings (SSSR count). The van der Waals surface area contributed by atoms with Crippen molar-refractivity contribution in [3.05, 3.63) is 10.6 Å². The van der Waals surface area contributed by atoms with E-state index < -0.39 is 18.0 Å². The highest BCUT2D eigenvalue weighted by Gasteiger charge is 2.60. The predicted molar refractivity (Wildman–Crippen MR) is 117 cm³/mol. The molecule has 8 heteroatoms. The van der Waals surface area contributed by atoms with E-state index in [-0.39, 0.29) is 23.6 Å². The number of carbonyl (C=O) groups is 2.